The van der Waals surface area contributed by atoms with Crippen LogP contribution in [0, 0.1) is 10.1 Å². The van der Waals surface area contributed by atoms with Crippen LogP contribution in [0.1, 0.15) is 16.2 Å². The van der Waals surface area contributed by atoms with Gasteiger partial charge in [-0.3, -0.25) is 14.9 Å². The van der Waals surface area contributed by atoms with Crippen LogP contribution in [-0.4, -0.2) is 22.0 Å². The van der Waals surface area contributed by atoms with Gasteiger partial charge in [0.2, 0.25) is 0 Å². The summed E-state index contributed by atoms with van der Waals surface area (Å²) >= 11 is 0. The van der Waals surface area contributed by atoms with E-state index < -0.39 is 10.8 Å². The van der Waals surface area contributed by atoms with Crippen molar-refractivity contribution in [2.75, 3.05) is 0 Å². The number of hydrogen-bond acceptors (Lipinski definition) is 5. The Morgan fingerprint density at radius 3 is 2.86 bits per heavy atom. The Labute approximate surface area is 123 Å². The number of benzene rings is 1. The van der Waals surface area contributed by atoms with E-state index in [1.54, 1.807) is 6.07 Å². The van der Waals surface area contributed by atoms with Crippen LogP contribution in [0.25, 0.3) is 10.9 Å². The van der Waals surface area contributed by atoms with Crippen LogP contribution in [0.15, 0.2) is 52.0 Å². The van der Waals surface area contributed by atoms with Crippen molar-refractivity contribution in [1.82, 2.24) is 10.4 Å². The van der Waals surface area contributed by atoms with Crippen LogP contribution in [0.5, 0.6) is 0 Å². The van der Waals surface area contributed by atoms with Gasteiger partial charge >= 0.3 is 5.88 Å². The Morgan fingerprint density at radius 1 is 1.32 bits per heavy atom. The maximum absolute atomic E-state index is 11.9. The first-order valence-corrected chi connectivity index (χ1v) is 6.29. The third-order valence-corrected chi connectivity index (χ3v) is 2.93. The van der Waals surface area contributed by atoms with Gasteiger partial charge in [-0.15, -0.1) is 0 Å². The summed E-state index contributed by atoms with van der Waals surface area (Å²) in [6.07, 6.45) is 1.19. The molecule has 8 heteroatoms. The summed E-state index contributed by atoms with van der Waals surface area (Å²) in [6.45, 7) is 0. The molecule has 8 nitrogen and oxygen atoms in total. The zero-order chi connectivity index (χ0) is 15.5. The highest BCUT2D eigenvalue weighted by Crippen LogP contribution is 2.15. The van der Waals surface area contributed by atoms with Crippen molar-refractivity contribution in [3.63, 3.8) is 0 Å². The smallest absolute Gasteiger partial charge is 0.400 e. The molecule has 0 aliphatic heterocycles. The monoisotopic (exact) mass is 298 g/mol. The second kappa shape index (κ2) is 5.52. The fourth-order valence-corrected chi connectivity index (χ4v) is 1.92. The van der Waals surface area contributed by atoms with E-state index >= 15 is 0 Å². The lowest BCUT2D eigenvalue weighted by atomic mass is 10.2. The number of hydrazone groups is 1. The first kappa shape index (κ1) is 13.6. The number of para-hydroxylation sites is 1. The molecular weight excluding hydrogens is 288 g/mol. The Balaban J connectivity index is 1.68. The zero-order valence-corrected chi connectivity index (χ0v) is 11.1. The van der Waals surface area contributed by atoms with Crippen LogP contribution in [0.4, 0.5) is 5.88 Å². The minimum Gasteiger partial charge on any atom is -0.400 e. The van der Waals surface area contributed by atoms with Crippen molar-refractivity contribution < 1.29 is 14.1 Å². The number of aromatic amines is 1. The van der Waals surface area contributed by atoms with Crippen LogP contribution in [-0.2, 0) is 0 Å². The van der Waals surface area contributed by atoms with Gasteiger partial charge in [-0.05, 0) is 18.2 Å². The number of carbonyl (C=O) groups is 1. The summed E-state index contributed by atoms with van der Waals surface area (Å²) in [5.74, 6) is -0.638. The average Bonchev–Trinajstić information content (AvgIpc) is 3.13. The fourth-order valence-electron chi connectivity index (χ4n) is 1.92. The van der Waals surface area contributed by atoms with Gasteiger partial charge in [-0.1, -0.05) is 18.2 Å². The van der Waals surface area contributed by atoms with Crippen molar-refractivity contribution in [2.24, 2.45) is 5.10 Å². The normalized spacial score (nSPS) is 11.1. The van der Waals surface area contributed by atoms with E-state index in [4.69, 9.17) is 4.42 Å². The standard InChI is InChI=1S/C14H10N4O4/c19-14(12-7-9-3-1-2-4-11(9)16-12)17-15-8-10-5-6-13(22-10)18(20)21/h1-8,16H,(H,17,19). The minimum atomic E-state index is -0.652. The predicted octanol–water partition coefficient (Wildman–Crippen LogP) is 2.43. The number of aromatic nitrogens is 1. The second-order valence-electron chi connectivity index (χ2n) is 4.40. The van der Waals surface area contributed by atoms with Crippen LogP contribution in [0.3, 0.4) is 0 Å². The number of nitrogens with zero attached hydrogens (tertiary/aromatic N) is 2. The first-order chi connectivity index (χ1) is 10.6. The van der Waals surface area contributed by atoms with E-state index in [0.717, 1.165) is 10.9 Å². The van der Waals surface area contributed by atoms with E-state index in [-0.39, 0.29) is 11.6 Å². The number of rotatable bonds is 4. The maximum Gasteiger partial charge on any atom is 0.433 e. The fraction of sp³-hybridized carbons (Fsp3) is 0. The molecule has 1 aromatic carbocycles. The van der Waals surface area contributed by atoms with Gasteiger partial charge in [-0.2, -0.15) is 5.10 Å². The van der Waals surface area contributed by atoms with Gasteiger partial charge in [0.15, 0.2) is 5.76 Å². The minimum absolute atomic E-state index is 0.170. The summed E-state index contributed by atoms with van der Waals surface area (Å²) in [5.41, 5.74) is 3.53. The zero-order valence-electron chi connectivity index (χ0n) is 11.1. The van der Waals surface area contributed by atoms with Gasteiger partial charge < -0.3 is 9.40 Å². The molecule has 3 aromatic rings. The Hall–Kier alpha value is -3.42. The van der Waals surface area contributed by atoms with Gasteiger partial charge in [0.25, 0.3) is 5.91 Å². The molecule has 3 rings (SSSR count). The molecule has 2 heterocycles. The van der Waals surface area contributed by atoms with E-state index in [1.807, 2.05) is 24.3 Å². The molecule has 0 bridgehead atoms. The SMILES string of the molecule is O=C(NN=Cc1ccc([N+](=O)[O-])o1)c1cc2ccccc2[nH]1. The van der Waals surface area contributed by atoms with Crippen LogP contribution in [0.2, 0.25) is 0 Å². The summed E-state index contributed by atoms with van der Waals surface area (Å²) in [5, 5.41) is 15.1. The molecule has 110 valence electrons. The quantitative estimate of drug-likeness (QED) is 0.437. The molecule has 0 spiro atoms. The molecule has 0 radical (unpaired) electrons. The number of hydrogen-bond donors (Lipinski definition) is 2. The van der Waals surface area contributed by atoms with E-state index in [1.165, 1.54) is 18.3 Å². The molecule has 2 aromatic heterocycles. The highest BCUT2D eigenvalue weighted by Gasteiger charge is 2.11. The number of H-pyrrole nitrogens is 1. The van der Waals surface area contributed by atoms with Gasteiger partial charge in [0.1, 0.15) is 10.6 Å². The molecule has 0 saturated heterocycles. The highest BCUT2D eigenvalue weighted by molar-refractivity contribution is 5.98. The van der Waals surface area contributed by atoms with Gasteiger partial charge in [0, 0.05) is 10.9 Å². The van der Waals surface area contributed by atoms with Crippen molar-refractivity contribution in [2.45, 2.75) is 0 Å². The Morgan fingerprint density at radius 2 is 2.14 bits per heavy atom. The molecule has 0 saturated carbocycles. The largest absolute Gasteiger partial charge is 0.433 e. The Bertz CT molecular complexity index is 845. The third-order valence-electron chi connectivity index (χ3n) is 2.93. The van der Waals surface area contributed by atoms with E-state index in [9.17, 15) is 14.9 Å². The first-order valence-electron chi connectivity index (χ1n) is 6.29. The summed E-state index contributed by atoms with van der Waals surface area (Å²) < 4.78 is 4.87. The van der Waals surface area contributed by atoms with Crippen molar-refractivity contribution in [3.8, 4) is 0 Å². The molecular formula is C14H10N4O4. The van der Waals surface area contributed by atoms with Crippen LogP contribution < -0.4 is 5.43 Å². The lowest BCUT2D eigenvalue weighted by molar-refractivity contribution is -0.402. The number of furan rings is 1. The molecule has 22 heavy (non-hydrogen) atoms. The Kier molecular flexibility index (Phi) is 3.40. The number of nitro groups is 1. The highest BCUT2D eigenvalue weighted by atomic mass is 16.6. The maximum atomic E-state index is 11.9. The van der Waals surface area contributed by atoms with Crippen molar-refractivity contribution in [3.05, 3.63) is 64.0 Å². The lowest BCUT2D eigenvalue weighted by Gasteiger charge is -1.94. The lowest BCUT2D eigenvalue weighted by Crippen LogP contribution is -2.17. The predicted molar refractivity (Wildman–Crippen MR) is 78.7 cm³/mol. The van der Waals surface area contributed by atoms with E-state index in [0.29, 0.717) is 5.69 Å². The molecule has 0 aliphatic rings. The van der Waals surface area contributed by atoms with Crippen LogP contribution >= 0.6 is 0 Å². The third kappa shape index (κ3) is 2.70. The molecule has 0 aliphatic carbocycles. The summed E-state index contributed by atoms with van der Waals surface area (Å²) in [6, 6.07) is 11.8. The molecule has 0 unspecified atom stereocenters. The number of amides is 1. The molecule has 0 atom stereocenters. The van der Waals surface area contributed by atoms with E-state index in [2.05, 4.69) is 15.5 Å². The summed E-state index contributed by atoms with van der Waals surface area (Å²) in [7, 11) is 0. The number of nitrogens with one attached hydrogen (secondary N) is 2. The average molecular weight is 298 g/mol. The summed E-state index contributed by atoms with van der Waals surface area (Å²) in [4.78, 5) is 24.7. The number of carbonyl (C=O) groups excluding carboxylic acids is 1. The molecule has 2 N–H and O–H groups in total. The molecule has 0 fully saturated rings. The van der Waals surface area contributed by atoms with Crippen molar-refractivity contribution >= 4 is 28.9 Å². The number of fused-ring (bicyclic) bond motifs is 1. The second-order valence-corrected chi connectivity index (χ2v) is 4.40. The van der Waals surface area contributed by atoms with Gasteiger partial charge in [0.05, 0.1) is 12.3 Å². The molecule has 1 amide bonds. The van der Waals surface area contributed by atoms with Gasteiger partial charge in [-0.25, -0.2) is 5.43 Å². The topological polar surface area (TPSA) is 114 Å². The van der Waals surface area contributed by atoms with Crippen molar-refractivity contribution in [1.29, 1.82) is 0 Å².